The van der Waals surface area contributed by atoms with Crippen molar-refractivity contribution in [1.29, 1.82) is 0 Å². The fraction of sp³-hybridized carbons (Fsp3) is 0.467. The Hall–Kier alpha value is -2.44. The molecule has 1 aliphatic heterocycles. The van der Waals surface area contributed by atoms with Crippen molar-refractivity contribution in [1.82, 2.24) is 15.1 Å². The zero-order valence-corrected chi connectivity index (χ0v) is 12.7. The number of aromatic hydroxyl groups is 2. The molecule has 2 rings (SSSR count). The van der Waals surface area contributed by atoms with Gasteiger partial charge in [0.25, 0.3) is 5.91 Å². The average molecular weight is 307 g/mol. The zero-order chi connectivity index (χ0) is 16.3. The molecule has 1 aliphatic rings. The summed E-state index contributed by atoms with van der Waals surface area (Å²) < 4.78 is 0. The van der Waals surface area contributed by atoms with E-state index in [0.29, 0.717) is 25.9 Å². The molecule has 120 valence electrons. The Kier molecular flexibility index (Phi) is 4.75. The minimum atomic E-state index is -0.344. The number of nitrogens with zero attached hydrogens (tertiary/aromatic N) is 2. The highest BCUT2D eigenvalue weighted by molar-refractivity contribution is 5.95. The number of phenolic OH excluding ortho intramolecular Hbond substituents is 2. The van der Waals surface area contributed by atoms with Crippen LogP contribution in [0.3, 0.4) is 0 Å². The summed E-state index contributed by atoms with van der Waals surface area (Å²) in [5, 5.41) is 21.7. The Morgan fingerprint density at radius 3 is 2.18 bits per heavy atom. The Morgan fingerprint density at radius 1 is 1.14 bits per heavy atom. The number of phenols is 2. The van der Waals surface area contributed by atoms with Gasteiger partial charge in [-0.3, -0.25) is 4.79 Å². The molecule has 1 heterocycles. The Balaban J connectivity index is 1.90. The molecular formula is C15H21N3O4. The number of benzene rings is 1. The quantitative estimate of drug-likeness (QED) is 0.759. The predicted molar refractivity (Wildman–Crippen MR) is 80.9 cm³/mol. The minimum absolute atomic E-state index is 0.0248. The van der Waals surface area contributed by atoms with Crippen LogP contribution in [0.25, 0.3) is 0 Å². The lowest BCUT2D eigenvalue weighted by Crippen LogP contribution is -2.49. The van der Waals surface area contributed by atoms with Gasteiger partial charge in [0.15, 0.2) is 0 Å². The molecule has 1 aromatic carbocycles. The van der Waals surface area contributed by atoms with E-state index in [4.69, 9.17) is 0 Å². The topological polar surface area (TPSA) is 93.1 Å². The number of carbonyl (C=O) groups excluding carboxylic acids is 2. The van der Waals surface area contributed by atoms with Gasteiger partial charge in [0.05, 0.1) is 0 Å². The summed E-state index contributed by atoms with van der Waals surface area (Å²) in [5.74, 6) is -0.656. The van der Waals surface area contributed by atoms with Crippen molar-refractivity contribution in [2.75, 3.05) is 27.2 Å². The summed E-state index contributed by atoms with van der Waals surface area (Å²) in [6.07, 6.45) is 1.35. The van der Waals surface area contributed by atoms with Crippen molar-refractivity contribution in [3.05, 3.63) is 23.8 Å². The van der Waals surface area contributed by atoms with Crippen LogP contribution >= 0.6 is 0 Å². The van der Waals surface area contributed by atoms with E-state index in [1.807, 2.05) is 0 Å². The second-order valence-electron chi connectivity index (χ2n) is 5.65. The summed E-state index contributed by atoms with van der Waals surface area (Å²) in [4.78, 5) is 27.2. The fourth-order valence-electron chi connectivity index (χ4n) is 2.49. The highest BCUT2D eigenvalue weighted by atomic mass is 16.3. The number of amides is 3. The number of urea groups is 1. The van der Waals surface area contributed by atoms with Crippen LogP contribution in [-0.2, 0) is 0 Å². The van der Waals surface area contributed by atoms with Crippen LogP contribution in [-0.4, -0.2) is 65.2 Å². The maximum absolute atomic E-state index is 12.1. The van der Waals surface area contributed by atoms with Crippen LogP contribution < -0.4 is 5.32 Å². The van der Waals surface area contributed by atoms with Crippen LogP contribution in [0.15, 0.2) is 18.2 Å². The first-order valence-electron chi connectivity index (χ1n) is 7.17. The molecule has 1 fully saturated rings. The number of hydrogen-bond donors (Lipinski definition) is 3. The monoisotopic (exact) mass is 307 g/mol. The first-order chi connectivity index (χ1) is 10.4. The van der Waals surface area contributed by atoms with Gasteiger partial charge in [-0.05, 0) is 25.0 Å². The number of piperidine rings is 1. The molecule has 0 aliphatic carbocycles. The predicted octanol–water partition coefficient (Wildman–Crippen LogP) is 0.974. The van der Waals surface area contributed by atoms with E-state index < -0.39 is 0 Å². The Morgan fingerprint density at radius 2 is 1.68 bits per heavy atom. The second kappa shape index (κ2) is 6.55. The average Bonchev–Trinajstić information content (AvgIpc) is 2.46. The number of hydrogen-bond acceptors (Lipinski definition) is 4. The maximum Gasteiger partial charge on any atom is 0.319 e. The third-order valence-corrected chi connectivity index (χ3v) is 3.65. The molecule has 0 saturated carbocycles. The molecule has 22 heavy (non-hydrogen) atoms. The van der Waals surface area contributed by atoms with Gasteiger partial charge in [-0.15, -0.1) is 0 Å². The molecule has 3 N–H and O–H groups in total. The Bertz CT molecular complexity index is 546. The number of nitrogens with one attached hydrogen (secondary N) is 1. The summed E-state index contributed by atoms with van der Waals surface area (Å²) in [5.41, 5.74) is 0.212. The summed E-state index contributed by atoms with van der Waals surface area (Å²) >= 11 is 0. The lowest BCUT2D eigenvalue weighted by molar-refractivity contribution is 0.0913. The van der Waals surface area contributed by atoms with Crippen LogP contribution in [0.4, 0.5) is 4.79 Å². The highest BCUT2D eigenvalue weighted by Crippen LogP contribution is 2.21. The van der Waals surface area contributed by atoms with Crippen LogP contribution in [0, 0.1) is 0 Å². The molecule has 0 bridgehead atoms. The standard InChI is InChI=1S/C15H21N3O4/c1-17(2)15(22)18-5-3-11(4-6-18)16-14(21)10-7-12(19)9-13(20)8-10/h7-9,11,19-20H,3-6H2,1-2H3,(H,16,21). The van der Waals surface area contributed by atoms with Gasteiger partial charge in [0, 0.05) is 44.9 Å². The SMILES string of the molecule is CN(C)C(=O)N1CCC(NC(=O)c2cc(O)cc(O)c2)CC1. The number of rotatable bonds is 2. The van der Waals surface area contributed by atoms with Crippen LogP contribution in [0.2, 0.25) is 0 Å². The molecule has 7 nitrogen and oxygen atoms in total. The van der Waals surface area contributed by atoms with E-state index in [0.717, 1.165) is 0 Å². The second-order valence-corrected chi connectivity index (χ2v) is 5.65. The molecule has 0 aromatic heterocycles. The van der Waals surface area contributed by atoms with Crippen molar-refractivity contribution in [3.63, 3.8) is 0 Å². The first kappa shape index (κ1) is 15.9. The van der Waals surface area contributed by atoms with E-state index in [1.165, 1.54) is 23.1 Å². The van der Waals surface area contributed by atoms with Crippen molar-refractivity contribution < 1.29 is 19.8 Å². The number of carbonyl (C=O) groups is 2. The molecule has 7 heteroatoms. The van der Waals surface area contributed by atoms with E-state index in [9.17, 15) is 19.8 Å². The van der Waals surface area contributed by atoms with Crippen LogP contribution in [0.5, 0.6) is 11.5 Å². The zero-order valence-electron chi connectivity index (χ0n) is 12.7. The maximum atomic E-state index is 12.1. The lowest BCUT2D eigenvalue weighted by Gasteiger charge is -2.33. The molecule has 0 spiro atoms. The summed E-state index contributed by atoms with van der Waals surface area (Å²) in [7, 11) is 3.43. The van der Waals surface area contributed by atoms with E-state index >= 15 is 0 Å². The van der Waals surface area contributed by atoms with E-state index in [2.05, 4.69) is 5.32 Å². The molecule has 0 atom stereocenters. The van der Waals surface area contributed by atoms with Crippen molar-refractivity contribution in [2.45, 2.75) is 18.9 Å². The van der Waals surface area contributed by atoms with Gasteiger partial charge < -0.3 is 25.3 Å². The largest absolute Gasteiger partial charge is 0.508 e. The van der Waals surface area contributed by atoms with Crippen molar-refractivity contribution in [2.24, 2.45) is 0 Å². The van der Waals surface area contributed by atoms with Gasteiger partial charge in [0.1, 0.15) is 11.5 Å². The molecule has 1 saturated heterocycles. The van der Waals surface area contributed by atoms with E-state index in [-0.39, 0.29) is 35.0 Å². The van der Waals surface area contributed by atoms with Crippen LogP contribution in [0.1, 0.15) is 23.2 Å². The smallest absolute Gasteiger partial charge is 0.319 e. The molecule has 0 radical (unpaired) electrons. The van der Waals surface area contributed by atoms with Gasteiger partial charge in [0.2, 0.25) is 0 Å². The van der Waals surface area contributed by atoms with Gasteiger partial charge in [-0.1, -0.05) is 0 Å². The Labute approximate surface area is 129 Å². The van der Waals surface area contributed by atoms with Gasteiger partial charge in [-0.2, -0.15) is 0 Å². The lowest BCUT2D eigenvalue weighted by atomic mass is 10.0. The molecule has 1 aromatic rings. The van der Waals surface area contributed by atoms with E-state index in [1.54, 1.807) is 19.0 Å². The molecule has 3 amide bonds. The molecular weight excluding hydrogens is 286 g/mol. The fourth-order valence-corrected chi connectivity index (χ4v) is 2.49. The van der Waals surface area contributed by atoms with Gasteiger partial charge >= 0.3 is 6.03 Å². The summed E-state index contributed by atoms with van der Waals surface area (Å²) in [6.45, 7) is 1.18. The third-order valence-electron chi connectivity index (χ3n) is 3.65. The summed E-state index contributed by atoms with van der Waals surface area (Å²) in [6, 6.07) is 3.73. The van der Waals surface area contributed by atoms with Gasteiger partial charge in [-0.25, -0.2) is 4.79 Å². The van der Waals surface area contributed by atoms with Crippen molar-refractivity contribution in [3.8, 4) is 11.5 Å². The first-order valence-corrected chi connectivity index (χ1v) is 7.17. The third kappa shape index (κ3) is 3.81. The highest BCUT2D eigenvalue weighted by Gasteiger charge is 2.25. The molecule has 0 unspecified atom stereocenters. The minimum Gasteiger partial charge on any atom is -0.508 e. The normalized spacial score (nSPS) is 15.5. The van der Waals surface area contributed by atoms with Crippen molar-refractivity contribution >= 4 is 11.9 Å². The number of likely N-dealkylation sites (tertiary alicyclic amines) is 1.